The highest BCUT2D eigenvalue weighted by atomic mass is 19.4. The highest BCUT2D eigenvalue weighted by Gasteiger charge is 2.32. The second kappa shape index (κ2) is 3.93. The van der Waals surface area contributed by atoms with Crippen molar-refractivity contribution in [3.8, 4) is 5.75 Å². The van der Waals surface area contributed by atoms with E-state index in [0.29, 0.717) is 5.75 Å². The number of hydrogen-bond acceptors (Lipinski definition) is 3. The van der Waals surface area contributed by atoms with Crippen molar-refractivity contribution >= 4 is 0 Å². The van der Waals surface area contributed by atoms with Crippen LogP contribution in [0.3, 0.4) is 0 Å². The van der Waals surface area contributed by atoms with Gasteiger partial charge in [0.15, 0.2) is 0 Å². The van der Waals surface area contributed by atoms with Crippen molar-refractivity contribution in [2.24, 2.45) is 5.73 Å². The van der Waals surface area contributed by atoms with E-state index in [1.807, 2.05) is 0 Å². The van der Waals surface area contributed by atoms with E-state index in [4.69, 9.17) is 10.5 Å². The summed E-state index contributed by atoms with van der Waals surface area (Å²) in [5.41, 5.74) is 4.65. The molecule has 0 amide bonds. The smallest absolute Gasteiger partial charge is 0.433 e. The van der Waals surface area contributed by atoms with E-state index < -0.39 is 11.9 Å². The number of ether oxygens (including phenoxy) is 1. The molecule has 0 saturated heterocycles. The zero-order valence-electron chi connectivity index (χ0n) is 8.37. The Balaban J connectivity index is 1.97. The molecule has 0 aliphatic heterocycles. The summed E-state index contributed by atoms with van der Waals surface area (Å²) in [5.74, 6) is 0.352. The fourth-order valence-corrected chi connectivity index (χ4v) is 1.51. The minimum atomic E-state index is -4.41. The maximum atomic E-state index is 12.2. The molecule has 0 spiro atoms. The fourth-order valence-electron chi connectivity index (χ4n) is 1.51. The number of hydrogen-bond donors (Lipinski definition) is 1. The Morgan fingerprint density at radius 1 is 1.31 bits per heavy atom. The highest BCUT2D eigenvalue weighted by Crippen LogP contribution is 2.29. The van der Waals surface area contributed by atoms with Gasteiger partial charge in [0.05, 0.1) is 6.20 Å². The molecule has 2 N–H and O–H groups in total. The van der Waals surface area contributed by atoms with Gasteiger partial charge in [0.25, 0.3) is 0 Å². The van der Waals surface area contributed by atoms with Crippen LogP contribution in [-0.2, 0) is 6.18 Å². The van der Waals surface area contributed by atoms with Gasteiger partial charge in [0.1, 0.15) is 17.5 Å². The lowest BCUT2D eigenvalue weighted by Crippen LogP contribution is -2.43. The van der Waals surface area contributed by atoms with Crippen LogP contribution in [0.5, 0.6) is 5.75 Å². The Morgan fingerprint density at radius 2 is 2.00 bits per heavy atom. The molecule has 1 aliphatic carbocycles. The van der Waals surface area contributed by atoms with Crippen LogP contribution in [-0.4, -0.2) is 17.1 Å². The molecular weight excluding hydrogens is 221 g/mol. The molecule has 1 fully saturated rings. The Morgan fingerprint density at radius 3 is 2.44 bits per heavy atom. The summed E-state index contributed by atoms with van der Waals surface area (Å²) in [4.78, 5) is 3.30. The summed E-state index contributed by atoms with van der Waals surface area (Å²) >= 11 is 0. The Hall–Kier alpha value is -1.30. The second-order valence-corrected chi connectivity index (χ2v) is 3.85. The van der Waals surface area contributed by atoms with Crippen LogP contribution >= 0.6 is 0 Å². The van der Waals surface area contributed by atoms with Crippen molar-refractivity contribution in [1.29, 1.82) is 0 Å². The molecule has 0 atom stereocenters. The lowest BCUT2D eigenvalue weighted by Gasteiger charge is -2.32. The molecule has 0 radical (unpaired) electrons. The number of pyridine rings is 1. The number of halogens is 3. The van der Waals surface area contributed by atoms with E-state index in [-0.39, 0.29) is 12.1 Å². The Bertz CT molecular complexity index is 357. The van der Waals surface area contributed by atoms with Gasteiger partial charge in [-0.2, -0.15) is 13.2 Å². The van der Waals surface area contributed by atoms with Gasteiger partial charge in [0.2, 0.25) is 0 Å². The van der Waals surface area contributed by atoms with Crippen LogP contribution in [0.25, 0.3) is 0 Å². The number of aromatic nitrogens is 1. The molecule has 1 heterocycles. The van der Waals surface area contributed by atoms with Crippen molar-refractivity contribution < 1.29 is 17.9 Å². The molecule has 1 aromatic rings. The van der Waals surface area contributed by atoms with E-state index in [2.05, 4.69) is 4.98 Å². The average Bonchev–Trinajstić information content (AvgIpc) is 2.15. The summed E-state index contributed by atoms with van der Waals surface area (Å²) in [6.45, 7) is 0. The highest BCUT2D eigenvalue weighted by molar-refractivity contribution is 5.21. The number of nitrogens with two attached hydrogens (primary N) is 1. The van der Waals surface area contributed by atoms with Crippen LogP contribution in [0.2, 0.25) is 0 Å². The minimum absolute atomic E-state index is 0.00790. The molecule has 1 aromatic heterocycles. The quantitative estimate of drug-likeness (QED) is 0.848. The molecule has 3 nitrogen and oxygen atoms in total. The Labute approximate surface area is 90.4 Å². The largest absolute Gasteiger partial charge is 0.489 e. The molecule has 0 bridgehead atoms. The first-order valence-electron chi connectivity index (χ1n) is 4.90. The molecule has 88 valence electrons. The third kappa shape index (κ3) is 2.44. The molecule has 16 heavy (non-hydrogen) atoms. The van der Waals surface area contributed by atoms with Gasteiger partial charge in [-0.25, -0.2) is 4.98 Å². The molecule has 1 aliphatic rings. The average molecular weight is 232 g/mol. The molecule has 2 rings (SSSR count). The van der Waals surface area contributed by atoms with Gasteiger partial charge < -0.3 is 10.5 Å². The molecule has 0 unspecified atom stereocenters. The van der Waals surface area contributed by atoms with Gasteiger partial charge in [0, 0.05) is 6.04 Å². The topological polar surface area (TPSA) is 48.1 Å². The lowest BCUT2D eigenvalue weighted by atomic mass is 9.90. The summed E-state index contributed by atoms with van der Waals surface area (Å²) < 4.78 is 42.0. The zero-order valence-corrected chi connectivity index (χ0v) is 8.37. The number of rotatable bonds is 2. The van der Waals surface area contributed by atoms with Crippen LogP contribution in [0.4, 0.5) is 13.2 Å². The summed E-state index contributed by atoms with van der Waals surface area (Å²) in [5, 5.41) is 0. The SMILES string of the molecule is NC1CC(Oc2ccc(C(F)(F)F)nc2)C1. The van der Waals surface area contributed by atoms with E-state index >= 15 is 0 Å². The summed E-state index contributed by atoms with van der Waals surface area (Å²) in [6.07, 6.45) is -1.83. The van der Waals surface area contributed by atoms with Gasteiger partial charge >= 0.3 is 6.18 Å². The van der Waals surface area contributed by atoms with Gasteiger partial charge in [-0.05, 0) is 25.0 Å². The maximum Gasteiger partial charge on any atom is 0.433 e. The zero-order chi connectivity index (χ0) is 11.8. The number of nitrogens with zero attached hydrogens (tertiary/aromatic N) is 1. The van der Waals surface area contributed by atoms with Crippen LogP contribution in [0, 0.1) is 0 Å². The maximum absolute atomic E-state index is 12.2. The van der Waals surface area contributed by atoms with Crippen molar-refractivity contribution in [3.63, 3.8) is 0 Å². The van der Waals surface area contributed by atoms with Gasteiger partial charge in [-0.3, -0.25) is 0 Å². The second-order valence-electron chi connectivity index (χ2n) is 3.85. The third-order valence-corrected chi connectivity index (χ3v) is 2.46. The monoisotopic (exact) mass is 232 g/mol. The summed E-state index contributed by atoms with van der Waals surface area (Å²) in [7, 11) is 0. The summed E-state index contributed by atoms with van der Waals surface area (Å²) in [6, 6.07) is 2.33. The molecule has 0 aromatic carbocycles. The molecular formula is C10H11F3N2O. The molecule has 6 heteroatoms. The first-order chi connectivity index (χ1) is 7.45. The predicted octanol–water partition coefficient (Wildman–Crippen LogP) is 1.97. The van der Waals surface area contributed by atoms with Gasteiger partial charge in [-0.1, -0.05) is 0 Å². The van der Waals surface area contributed by atoms with Crippen LogP contribution < -0.4 is 10.5 Å². The fraction of sp³-hybridized carbons (Fsp3) is 0.500. The lowest BCUT2D eigenvalue weighted by molar-refractivity contribution is -0.141. The normalized spacial score (nSPS) is 25.0. The standard InChI is InChI=1S/C10H11F3N2O/c11-10(12,13)9-2-1-7(5-15-9)16-8-3-6(14)4-8/h1-2,5-6,8H,3-4,14H2. The van der Waals surface area contributed by atoms with E-state index in [0.717, 1.165) is 25.1 Å². The van der Waals surface area contributed by atoms with E-state index in [1.54, 1.807) is 0 Å². The van der Waals surface area contributed by atoms with E-state index in [9.17, 15) is 13.2 Å². The minimum Gasteiger partial charge on any atom is -0.489 e. The Kier molecular flexibility index (Phi) is 2.75. The first-order valence-corrected chi connectivity index (χ1v) is 4.90. The third-order valence-electron chi connectivity index (χ3n) is 2.46. The predicted molar refractivity (Wildman–Crippen MR) is 50.9 cm³/mol. The van der Waals surface area contributed by atoms with Crippen molar-refractivity contribution in [2.75, 3.05) is 0 Å². The molecule has 1 saturated carbocycles. The van der Waals surface area contributed by atoms with Crippen molar-refractivity contribution in [1.82, 2.24) is 4.98 Å². The van der Waals surface area contributed by atoms with Crippen molar-refractivity contribution in [3.05, 3.63) is 24.0 Å². The van der Waals surface area contributed by atoms with Crippen molar-refractivity contribution in [2.45, 2.75) is 31.2 Å². The van der Waals surface area contributed by atoms with Gasteiger partial charge in [-0.15, -0.1) is 0 Å². The first kappa shape index (κ1) is 11.2. The number of alkyl halides is 3. The van der Waals surface area contributed by atoms with Crippen LogP contribution in [0.15, 0.2) is 18.3 Å². The van der Waals surface area contributed by atoms with E-state index in [1.165, 1.54) is 6.07 Å². The van der Waals surface area contributed by atoms with Crippen LogP contribution in [0.1, 0.15) is 18.5 Å².